The van der Waals surface area contributed by atoms with Crippen molar-refractivity contribution in [3.8, 4) is 5.75 Å². The molecule has 1 fully saturated rings. The number of benzene rings is 2. The van der Waals surface area contributed by atoms with Gasteiger partial charge in [0.05, 0.1) is 0 Å². The van der Waals surface area contributed by atoms with Crippen LogP contribution in [-0.4, -0.2) is 6.04 Å². The molecule has 0 unspecified atom stereocenters. The van der Waals surface area contributed by atoms with E-state index in [1.54, 1.807) is 12.1 Å². The fourth-order valence-corrected chi connectivity index (χ4v) is 2.34. The lowest BCUT2D eigenvalue weighted by Crippen LogP contribution is -2.16. The lowest BCUT2D eigenvalue weighted by atomic mass is 10.1. The molecule has 0 aliphatic heterocycles. The van der Waals surface area contributed by atoms with Crippen LogP contribution in [0.15, 0.2) is 42.5 Å². The Kier molecular flexibility index (Phi) is 4.20. The Morgan fingerprint density at radius 1 is 1.14 bits per heavy atom. The van der Waals surface area contributed by atoms with Gasteiger partial charge in [0, 0.05) is 18.2 Å². The van der Waals surface area contributed by atoms with Crippen molar-refractivity contribution < 1.29 is 9.13 Å². The molecule has 0 heterocycles. The number of hydrogen-bond acceptors (Lipinski definition) is 2. The van der Waals surface area contributed by atoms with Crippen LogP contribution in [0.1, 0.15) is 29.5 Å². The first-order valence-corrected chi connectivity index (χ1v) is 7.41. The summed E-state index contributed by atoms with van der Waals surface area (Å²) < 4.78 is 18.9. The third-order valence-electron chi connectivity index (χ3n) is 3.75. The fraction of sp³-hybridized carbons (Fsp3) is 0.333. The summed E-state index contributed by atoms with van der Waals surface area (Å²) in [6.45, 7) is 3.35. The van der Waals surface area contributed by atoms with E-state index in [0.717, 1.165) is 23.4 Å². The molecule has 0 saturated heterocycles. The van der Waals surface area contributed by atoms with Gasteiger partial charge in [-0.25, -0.2) is 4.39 Å². The molecule has 1 aliphatic carbocycles. The van der Waals surface area contributed by atoms with Crippen LogP contribution in [0.25, 0.3) is 0 Å². The van der Waals surface area contributed by atoms with Gasteiger partial charge in [-0.15, -0.1) is 0 Å². The van der Waals surface area contributed by atoms with Gasteiger partial charge in [-0.3, -0.25) is 0 Å². The minimum atomic E-state index is -0.219. The van der Waals surface area contributed by atoms with Crippen LogP contribution in [0.5, 0.6) is 5.75 Å². The second-order valence-electron chi connectivity index (χ2n) is 5.63. The Morgan fingerprint density at radius 3 is 2.62 bits per heavy atom. The van der Waals surface area contributed by atoms with E-state index in [2.05, 4.69) is 30.4 Å². The highest BCUT2D eigenvalue weighted by molar-refractivity contribution is 5.41. The summed E-state index contributed by atoms with van der Waals surface area (Å²) >= 11 is 0. The van der Waals surface area contributed by atoms with Crippen molar-refractivity contribution in [2.24, 2.45) is 0 Å². The van der Waals surface area contributed by atoms with Crippen LogP contribution in [0.2, 0.25) is 0 Å². The number of rotatable bonds is 6. The molecule has 0 aromatic heterocycles. The minimum Gasteiger partial charge on any atom is -0.488 e. The van der Waals surface area contributed by atoms with Crippen molar-refractivity contribution in [2.45, 2.75) is 39.0 Å². The maximum atomic E-state index is 12.9. The summed E-state index contributed by atoms with van der Waals surface area (Å²) in [6, 6.07) is 13.3. The Hall–Kier alpha value is -1.87. The minimum absolute atomic E-state index is 0.219. The molecule has 1 aliphatic rings. The molecule has 0 amide bonds. The third-order valence-corrected chi connectivity index (χ3v) is 3.75. The van der Waals surface area contributed by atoms with Crippen molar-refractivity contribution in [1.82, 2.24) is 5.32 Å². The maximum absolute atomic E-state index is 12.9. The topological polar surface area (TPSA) is 21.3 Å². The van der Waals surface area contributed by atoms with E-state index < -0.39 is 0 Å². The first-order chi connectivity index (χ1) is 10.2. The van der Waals surface area contributed by atoms with Gasteiger partial charge in [-0.2, -0.15) is 0 Å². The van der Waals surface area contributed by atoms with E-state index in [-0.39, 0.29) is 5.82 Å². The highest BCUT2D eigenvalue weighted by Crippen LogP contribution is 2.26. The summed E-state index contributed by atoms with van der Waals surface area (Å²) in [6.07, 6.45) is 2.55. The zero-order chi connectivity index (χ0) is 14.7. The summed E-state index contributed by atoms with van der Waals surface area (Å²) in [5.74, 6) is 0.721. The van der Waals surface area contributed by atoms with E-state index in [1.165, 1.54) is 30.5 Å². The van der Waals surface area contributed by atoms with Crippen LogP contribution in [0, 0.1) is 12.7 Å². The molecule has 2 aromatic carbocycles. The average molecular weight is 285 g/mol. The van der Waals surface area contributed by atoms with Gasteiger partial charge in [0.1, 0.15) is 18.2 Å². The van der Waals surface area contributed by atoms with Gasteiger partial charge < -0.3 is 10.1 Å². The predicted octanol–water partition coefficient (Wildman–Crippen LogP) is 3.97. The van der Waals surface area contributed by atoms with Crippen LogP contribution in [0.4, 0.5) is 4.39 Å². The van der Waals surface area contributed by atoms with Crippen molar-refractivity contribution in [2.75, 3.05) is 0 Å². The fourth-order valence-electron chi connectivity index (χ4n) is 2.34. The molecule has 110 valence electrons. The molecule has 0 spiro atoms. The van der Waals surface area contributed by atoms with Crippen molar-refractivity contribution in [1.29, 1.82) is 0 Å². The Balaban J connectivity index is 1.69. The quantitative estimate of drug-likeness (QED) is 0.867. The lowest BCUT2D eigenvalue weighted by molar-refractivity contribution is 0.300. The number of halogens is 1. The molecule has 2 aromatic rings. The Morgan fingerprint density at radius 2 is 1.90 bits per heavy atom. The molecule has 0 atom stereocenters. The summed E-state index contributed by atoms with van der Waals surface area (Å²) in [5.41, 5.74) is 3.29. The van der Waals surface area contributed by atoms with Gasteiger partial charge in [0.25, 0.3) is 0 Å². The molecular weight excluding hydrogens is 265 g/mol. The summed E-state index contributed by atoms with van der Waals surface area (Å²) in [5, 5.41) is 3.52. The zero-order valence-corrected chi connectivity index (χ0v) is 12.2. The number of ether oxygens (including phenoxy) is 1. The van der Waals surface area contributed by atoms with Crippen LogP contribution in [-0.2, 0) is 13.2 Å². The molecule has 3 heteroatoms. The predicted molar refractivity (Wildman–Crippen MR) is 81.8 cm³/mol. The second kappa shape index (κ2) is 6.27. The van der Waals surface area contributed by atoms with Gasteiger partial charge in [-0.05, 0) is 43.0 Å². The number of nitrogens with one attached hydrogen (secondary N) is 1. The van der Waals surface area contributed by atoms with E-state index in [4.69, 9.17) is 4.74 Å². The first-order valence-electron chi connectivity index (χ1n) is 7.41. The molecule has 1 N–H and O–H groups in total. The SMILES string of the molecule is Cc1cccc(CNC2CC2)c1OCc1ccc(F)cc1. The molecule has 2 nitrogen and oxygen atoms in total. The molecule has 21 heavy (non-hydrogen) atoms. The standard InChI is InChI=1S/C18H20FNO/c1-13-3-2-4-15(11-20-17-9-10-17)18(13)21-12-14-5-7-16(19)8-6-14/h2-8,17,20H,9-12H2,1H3. The van der Waals surface area contributed by atoms with Gasteiger partial charge >= 0.3 is 0 Å². The smallest absolute Gasteiger partial charge is 0.127 e. The van der Waals surface area contributed by atoms with Crippen LogP contribution >= 0.6 is 0 Å². The van der Waals surface area contributed by atoms with Gasteiger partial charge in [0.2, 0.25) is 0 Å². The van der Waals surface area contributed by atoms with Crippen molar-refractivity contribution in [3.63, 3.8) is 0 Å². The largest absolute Gasteiger partial charge is 0.488 e. The van der Waals surface area contributed by atoms with Crippen molar-refractivity contribution >= 4 is 0 Å². The first kappa shape index (κ1) is 14.1. The number of aryl methyl sites for hydroxylation is 1. The summed E-state index contributed by atoms with van der Waals surface area (Å²) in [4.78, 5) is 0. The number of hydrogen-bond donors (Lipinski definition) is 1. The molecule has 0 radical (unpaired) electrons. The monoisotopic (exact) mass is 285 g/mol. The third kappa shape index (κ3) is 3.82. The Labute approximate surface area is 125 Å². The van der Waals surface area contributed by atoms with E-state index >= 15 is 0 Å². The number of para-hydroxylation sites is 1. The summed E-state index contributed by atoms with van der Waals surface area (Å²) in [7, 11) is 0. The average Bonchev–Trinajstić information content (AvgIpc) is 3.30. The zero-order valence-electron chi connectivity index (χ0n) is 12.2. The van der Waals surface area contributed by atoms with Crippen molar-refractivity contribution in [3.05, 3.63) is 65.0 Å². The van der Waals surface area contributed by atoms with E-state index in [0.29, 0.717) is 12.6 Å². The Bertz CT molecular complexity index is 605. The van der Waals surface area contributed by atoms with Crippen LogP contribution < -0.4 is 10.1 Å². The van der Waals surface area contributed by atoms with E-state index in [1.807, 2.05) is 0 Å². The normalized spacial score (nSPS) is 14.2. The van der Waals surface area contributed by atoms with Gasteiger partial charge in [0.15, 0.2) is 0 Å². The highest BCUT2D eigenvalue weighted by atomic mass is 19.1. The highest BCUT2D eigenvalue weighted by Gasteiger charge is 2.20. The molecule has 1 saturated carbocycles. The maximum Gasteiger partial charge on any atom is 0.127 e. The second-order valence-corrected chi connectivity index (χ2v) is 5.63. The molecular formula is C18H20FNO. The molecule has 3 rings (SSSR count). The van der Waals surface area contributed by atoms with E-state index in [9.17, 15) is 4.39 Å². The lowest BCUT2D eigenvalue weighted by Gasteiger charge is -2.15. The van der Waals surface area contributed by atoms with Gasteiger partial charge in [-0.1, -0.05) is 30.3 Å². The molecule has 0 bridgehead atoms. The van der Waals surface area contributed by atoms with Crippen LogP contribution in [0.3, 0.4) is 0 Å².